The monoisotopic (exact) mass is 363 g/mol. The largest absolute Gasteiger partial charge is 0.481 e. The van der Waals surface area contributed by atoms with E-state index in [-0.39, 0.29) is 30.8 Å². The molecule has 2 atom stereocenters. The summed E-state index contributed by atoms with van der Waals surface area (Å²) < 4.78 is 0. The minimum absolute atomic E-state index is 0.0308. The van der Waals surface area contributed by atoms with E-state index in [9.17, 15) is 24.3 Å². The van der Waals surface area contributed by atoms with Gasteiger partial charge in [-0.15, -0.1) is 0 Å². The Balaban J connectivity index is 1.45. The molecular formula is C18H25N3O5. The molecule has 0 radical (unpaired) electrons. The van der Waals surface area contributed by atoms with Crippen LogP contribution in [0.3, 0.4) is 0 Å². The maximum atomic E-state index is 12.8. The number of carboxylic acids is 1. The van der Waals surface area contributed by atoms with Crippen LogP contribution in [-0.2, 0) is 14.4 Å². The summed E-state index contributed by atoms with van der Waals surface area (Å²) in [6.45, 7) is 0.287. The van der Waals surface area contributed by atoms with Crippen molar-refractivity contribution >= 4 is 23.8 Å². The lowest BCUT2D eigenvalue weighted by Crippen LogP contribution is -2.49. The zero-order chi connectivity index (χ0) is 18.5. The van der Waals surface area contributed by atoms with Crippen molar-refractivity contribution in [2.75, 3.05) is 19.6 Å². The zero-order valence-corrected chi connectivity index (χ0v) is 14.8. The predicted molar refractivity (Wildman–Crippen MR) is 90.1 cm³/mol. The fourth-order valence-electron chi connectivity index (χ4n) is 5.38. The maximum Gasteiger partial charge on any atom is 0.325 e. The molecule has 2 saturated heterocycles. The van der Waals surface area contributed by atoms with Gasteiger partial charge in [-0.2, -0.15) is 0 Å². The third-order valence-electron chi connectivity index (χ3n) is 6.90. The van der Waals surface area contributed by atoms with Gasteiger partial charge in [-0.1, -0.05) is 25.7 Å². The van der Waals surface area contributed by atoms with E-state index < -0.39 is 23.0 Å². The van der Waals surface area contributed by atoms with Gasteiger partial charge < -0.3 is 15.3 Å². The van der Waals surface area contributed by atoms with Gasteiger partial charge in [-0.3, -0.25) is 19.3 Å². The normalized spacial score (nSPS) is 32.8. The Hall–Kier alpha value is -2.12. The molecule has 0 bridgehead atoms. The number of hydrogen-bond acceptors (Lipinski definition) is 4. The number of rotatable bonds is 3. The molecule has 0 aromatic heterocycles. The van der Waals surface area contributed by atoms with Crippen molar-refractivity contribution in [2.45, 2.75) is 56.9 Å². The number of imide groups is 1. The van der Waals surface area contributed by atoms with E-state index in [0.29, 0.717) is 25.8 Å². The third-order valence-corrected chi connectivity index (χ3v) is 6.90. The molecule has 4 fully saturated rings. The van der Waals surface area contributed by atoms with Gasteiger partial charge in [-0.05, 0) is 31.6 Å². The van der Waals surface area contributed by atoms with Crippen LogP contribution in [0.2, 0.25) is 0 Å². The Bertz CT molecular complexity index is 672. The van der Waals surface area contributed by atoms with Crippen molar-refractivity contribution < 1.29 is 24.3 Å². The molecular weight excluding hydrogens is 338 g/mol. The number of amides is 4. The van der Waals surface area contributed by atoms with Crippen molar-refractivity contribution in [3.63, 3.8) is 0 Å². The second kappa shape index (κ2) is 5.96. The van der Waals surface area contributed by atoms with Crippen molar-refractivity contribution in [1.29, 1.82) is 0 Å². The van der Waals surface area contributed by atoms with Gasteiger partial charge in [0, 0.05) is 13.1 Å². The number of nitrogens with one attached hydrogen (secondary N) is 1. The SMILES string of the molecule is O=C(CN1C(=O)NC2(CCCCC2)C1=O)N1C[C@@H]2CCC[C@@]2(C(=O)O)C1. The molecule has 2 heterocycles. The van der Waals surface area contributed by atoms with Crippen LogP contribution < -0.4 is 5.32 Å². The van der Waals surface area contributed by atoms with Crippen LogP contribution in [0.15, 0.2) is 0 Å². The van der Waals surface area contributed by atoms with Gasteiger partial charge in [-0.25, -0.2) is 4.79 Å². The Kier molecular flexibility index (Phi) is 3.96. The summed E-state index contributed by atoms with van der Waals surface area (Å²) in [7, 11) is 0. The lowest BCUT2D eigenvalue weighted by molar-refractivity contribution is -0.150. The number of urea groups is 1. The molecule has 0 unspecified atom stereocenters. The number of carbonyl (C=O) groups is 4. The first-order chi connectivity index (χ1) is 12.4. The Labute approximate surface area is 151 Å². The molecule has 2 aliphatic carbocycles. The lowest BCUT2D eigenvalue weighted by atomic mass is 9.81. The third kappa shape index (κ3) is 2.41. The van der Waals surface area contributed by atoms with Crippen molar-refractivity contribution in [3.8, 4) is 0 Å². The molecule has 0 aromatic rings. The molecule has 4 rings (SSSR count). The maximum absolute atomic E-state index is 12.8. The first-order valence-electron chi connectivity index (χ1n) is 9.53. The summed E-state index contributed by atoms with van der Waals surface area (Å²) in [5.41, 5.74) is -1.68. The fourth-order valence-corrected chi connectivity index (χ4v) is 5.38. The van der Waals surface area contributed by atoms with Crippen LogP contribution in [0.5, 0.6) is 0 Å². The summed E-state index contributed by atoms with van der Waals surface area (Å²) in [5, 5.41) is 12.4. The number of hydrogen-bond donors (Lipinski definition) is 2. The van der Waals surface area contributed by atoms with E-state index in [4.69, 9.17) is 0 Å². The van der Waals surface area contributed by atoms with Crippen LogP contribution >= 0.6 is 0 Å². The number of aliphatic carboxylic acids is 1. The molecule has 4 aliphatic rings. The molecule has 2 saturated carbocycles. The average Bonchev–Trinajstić information content (AvgIpc) is 3.23. The standard InChI is InChI=1S/C18H25N3O5/c22-13(20-9-12-5-4-6-17(12,11-20)15(24)25)10-21-14(23)18(19-16(21)26)7-2-1-3-8-18/h12H,1-11H2,(H,19,26)(H,24,25)/t12-,17+/m0/s1. The van der Waals surface area contributed by atoms with Gasteiger partial charge >= 0.3 is 12.0 Å². The van der Waals surface area contributed by atoms with Crippen molar-refractivity contribution in [3.05, 3.63) is 0 Å². The quantitative estimate of drug-likeness (QED) is 0.726. The molecule has 1 spiro atoms. The minimum Gasteiger partial charge on any atom is -0.481 e. The highest BCUT2D eigenvalue weighted by Gasteiger charge is 2.57. The van der Waals surface area contributed by atoms with Gasteiger partial charge in [0.1, 0.15) is 12.1 Å². The summed E-state index contributed by atoms with van der Waals surface area (Å²) in [4.78, 5) is 52.1. The number of carbonyl (C=O) groups excluding carboxylic acids is 3. The molecule has 2 N–H and O–H groups in total. The number of carboxylic acid groups (broad SMARTS) is 1. The summed E-state index contributed by atoms with van der Waals surface area (Å²) >= 11 is 0. The van der Waals surface area contributed by atoms with E-state index in [1.165, 1.54) is 4.90 Å². The van der Waals surface area contributed by atoms with E-state index >= 15 is 0 Å². The van der Waals surface area contributed by atoms with Crippen LogP contribution in [0.4, 0.5) is 4.79 Å². The lowest BCUT2D eigenvalue weighted by Gasteiger charge is -2.30. The predicted octanol–water partition coefficient (Wildman–Crippen LogP) is 0.954. The molecule has 8 heteroatoms. The highest BCUT2D eigenvalue weighted by atomic mass is 16.4. The number of likely N-dealkylation sites (tertiary alicyclic amines) is 1. The molecule has 26 heavy (non-hydrogen) atoms. The van der Waals surface area contributed by atoms with Gasteiger partial charge in [0.05, 0.1) is 5.41 Å². The average molecular weight is 363 g/mol. The van der Waals surface area contributed by atoms with E-state index in [2.05, 4.69) is 5.32 Å². The van der Waals surface area contributed by atoms with Crippen LogP contribution in [-0.4, -0.2) is 63.9 Å². The smallest absolute Gasteiger partial charge is 0.325 e. The minimum atomic E-state index is -0.850. The Morgan fingerprint density at radius 3 is 2.50 bits per heavy atom. The van der Waals surface area contributed by atoms with Gasteiger partial charge in [0.15, 0.2) is 0 Å². The van der Waals surface area contributed by atoms with Crippen molar-refractivity contribution in [1.82, 2.24) is 15.1 Å². The van der Waals surface area contributed by atoms with Gasteiger partial charge in [0.25, 0.3) is 5.91 Å². The van der Waals surface area contributed by atoms with Crippen LogP contribution in [0, 0.1) is 11.3 Å². The summed E-state index contributed by atoms with van der Waals surface area (Å²) in [5.74, 6) is -1.51. The molecule has 2 aliphatic heterocycles. The molecule has 0 aromatic carbocycles. The first-order valence-corrected chi connectivity index (χ1v) is 9.53. The van der Waals surface area contributed by atoms with Crippen LogP contribution in [0.1, 0.15) is 51.4 Å². The molecule has 8 nitrogen and oxygen atoms in total. The second-order valence-electron chi connectivity index (χ2n) is 8.29. The van der Waals surface area contributed by atoms with Crippen LogP contribution in [0.25, 0.3) is 0 Å². The van der Waals surface area contributed by atoms with E-state index in [1.54, 1.807) is 0 Å². The Morgan fingerprint density at radius 2 is 1.85 bits per heavy atom. The summed E-state index contributed by atoms with van der Waals surface area (Å²) in [6, 6.07) is -0.502. The zero-order valence-electron chi connectivity index (χ0n) is 14.8. The topological polar surface area (TPSA) is 107 Å². The van der Waals surface area contributed by atoms with E-state index in [0.717, 1.165) is 37.0 Å². The Morgan fingerprint density at radius 1 is 1.12 bits per heavy atom. The molecule has 142 valence electrons. The molecule has 4 amide bonds. The van der Waals surface area contributed by atoms with E-state index in [1.807, 2.05) is 0 Å². The summed E-state index contributed by atoms with van der Waals surface area (Å²) in [6.07, 6.45) is 6.34. The first kappa shape index (κ1) is 17.3. The van der Waals surface area contributed by atoms with Gasteiger partial charge in [0.2, 0.25) is 5.91 Å². The number of fused-ring (bicyclic) bond motifs is 1. The number of nitrogens with zero attached hydrogens (tertiary/aromatic N) is 2. The second-order valence-corrected chi connectivity index (χ2v) is 8.29. The fraction of sp³-hybridized carbons (Fsp3) is 0.778. The van der Waals surface area contributed by atoms with Crippen molar-refractivity contribution in [2.24, 2.45) is 11.3 Å². The highest BCUT2D eigenvalue weighted by molar-refractivity contribution is 6.09. The highest BCUT2D eigenvalue weighted by Crippen LogP contribution is 2.49.